The van der Waals surface area contributed by atoms with Crippen LogP contribution in [0.5, 0.6) is 0 Å². The quantitative estimate of drug-likeness (QED) is 0.862. The first-order valence-electron chi connectivity index (χ1n) is 7.12. The molecule has 1 fully saturated rings. The lowest BCUT2D eigenvalue weighted by Crippen LogP contribution is -2.31. The smallest absolute Gasteiger partial charge is 0.226 e. The van der Waals surface area contributed by atoms with Crippen LogP contribution in [0.4, 0.5) is 10.3 Å². The van der Waals surface area contributed by atoms with Crippen LogP contribution in [0.25, 0.3) is 0 Å². The molecule has 1 saturated heterocycles. The van der Waals surface area contributed by atoms with Gasteiger partial charge >= 0.3 is 0 Å². The highest BCUT2D eigenvalue weighted by molar-refractivity contribution is 5.32. The molecule has 3 rings (SSSR count). The van der Waals surface area contributed by atoms with Crippen LogP contribution in [0.15, 0.2) is 24.3 Å². The summed E-state index contributed by atoms with van der Waals surface area (Å²) in [5.74, 6) is 1.65. The second-order valence-corrected chi connectivity index (χ2v) is 5.33. The number of halogens is 1. The summed E-state index contributed by atoms with van der Waals surface area (Å²) in [6.07, 6.45) is 4.43. The second-order valence-electron chi connectivity index (χ2n) is 5.33. The largest absolute Gasteiger partial charge is 0.341 e. The second kappa shape index (κ2) is 5.61. The first kappa shape index (κ1) is 13.1. The zero-order valence-corrected chi connectivity index (χ0v) is 11.7. The topological polar surface area (TPSA) is 34.0 Å². The van der Waals surface area contributed by atoms with Gasteiger partial charge in [-0.05, 0) is 37.0 Å². The van der Waals surface area contributed by atoms with Crippen LogP contribution in [-0.4, -0.2) is 27.9 Å². The lowest BCUT2D eigenvalue weighted by Gasteiger charge is -2.27. The van der Waals surface area contributed by atoms with Gasteiger partial charge in [-0.1, -0.05) is 12.1 Å². The Bertz CT molecular complexity index is 570. The zero-order chi connectivity index (χ0) is 13.9. The van der Waals surface area contributed by atoms with Crippen molar-refractivity contribution in [2.45, 2.75) is 25.7 Å². The molecular weight excluding hydrogens is 255 g/mol. The summed E-state index contributed by atoms with van der Waals surface area (Å²) in [7, 11) is 2.00. The third kappa shape index (κ3) is 2.66. The van der Waals surface area contributed by atoms with Crippen molar-refractivity contribution < 1.29 is 4.39 Å². The Morgan fingerprint density at radius 2 is 1.75 bits per heavy atom. The zero-order valence-electron chi connectivity index (χ0n) is 11.7. The molecule has 1 aliphatic rings. The van der Waals surface area contributed by atoms with E-state index in [0.29, 0.717) is 6.42 Å². The molecule has 0 aliphatic carbocycles. The third-order valence-electron chi connectivity index (χ3n) is 3.86. The van der Waals surface area contributed by atoms with E-state index in [0.717, 1.165) is 30.4 Å². The standard InChI is InChI=1S/C15H19FN4/c1-19-14(11-12-5-7-13(16)8-6-12)17-18-15(19)20-9-3-2-4-10-20/h5-8H,2-4,9-11H2,1H3. The number of rotatable bonds is 3. The van der Waals surface area contributed by atoms with Crippen LogP contribution >= 0.6 is 0 Å². The first-order valence-corrected chi connectivity index (χ1v) is 7.12. The maximum Gasteiger partial charge on any atom is 0.226 e. The van der Waals surface area contributed by atoms with Crippen LogP contribution < -0.4 is 4.90 Å². The summed E-state index contributed by atoms with van der Waals surface area (Å²) in [6.45, 7) is 2.12. The summed E-state index contributed by atoms with van der Waals surface area (Å²) < 4.78 is 15.0. The molecule has 0 unspecified atom stereocenters. The van der Waals surface area contributed by atoms with Crippen molar-refractivity contribution in [2.24, 2.45) is 7.05 Å². The van der Waals surface area contributed by atoms with Gasteiger partial charge in [0.15, 0.2) is 0 Å². The Morgan fingerprint density at radius 1 is 1.05 bits per heavy atom. The highest BCUT2D eigenvalue weighted by Crippen LogP contribution is 2.19. The number of hydrogen-bond donors (Lipinski definition) is 0. The van der Waals surface area contributed by atoms with Gasteiger partial charge in [0.1, 0.15) is 11.6 Å². The Labute approximate surface area is 118 Å². The number of anilines is 1. The van der Waals surface area contributed by atoms with Crippen LogP contribution in [0.2, 0.25) is 0 Å². The Kier molecular flexibility index (Phi) is 3.67. The average molecular weight is 274 g/mol. The van der Waals surface area contributed by atoms with E-state index in [2.05, 4.69) is 19.7 Å². The molecule has 0 amide bonds. The highest BCUT2D eigenvalue weighted by atomic mass is 19.1. The summed E-state index contributed by atoms with van der Waals surface area (Å²) in [5.41, 5.74) is 1.05. The predicted octanol–water partition coefficient (Wildman–Crippen LogP) is 2.54. The Balaban J connectivity index is 1.77. The fourth-order valence-corrected chi connectivity index (χ4v) is 2.66. The minimum absolute atomic E-state index is 0.208. The van der Waals surface area contributed by atoms with E-state index >= 15 is 0 Å². The highest BCUT2D eigenvalue weighted by Gasteiger charge is 2.17. The fraction of sp³-hybridized carbons (Fsp3) is 0.467. The number of hydrogen-bond acceptors (Lipinski definition) is 3. The monoisotopic (exact) mass is 274 g/mol. The minimum atomic E-state index is -0.208. The van der Waals surface area contributed by atoms with Gasteiger partial charge in [-0.2, -0.15) is 0 Å². The first-order chi connectivity index (χ1) is 9.74. The van der Waals surface area contributed by atoms with E-state index in [1.165, 1.54) is 31.4 Å². The molecular formula is C15H19FN4. The molecule has 4 nitrogen and oxygen atoms in total. The van der Waals surface area contributed by atoms with E-state index in [1.807, 2.05) is 7.05 Å². The van der Waals surface area contributed by atoms with Crippen molar-refractivity contribution in [3.8, 4) is 0 Å². The molecule has 0 spiro atoms. The van der Waals surface area contributed by atoms with Gasteiger partial charge < -0.3 is 9.47 Å². The number of piperidine rings is 1. The van der Waals surface area contributed by atoms with Gasteiger partial charge in [-0.25, -0.2) is 4.39 Å². The number of aromatic nitrogens is 3. The summed E-state index contributed by atoms with van der Waals surface area (Å²) in [5, 5.41) is 8.60. The van der Waals surface area contributed by atoms with E-state index in [4.69, 9.17) is 0 Å². The van der Waals surface area contributed by atoms with Gasteiger partial charge in [0.2, 0.25) is 5.95 Å². The van der Waals surface area contributed by atoms with Gasteiger partial charge in [-0.3, -0.25) is 0 Å². The molecule has 2 heterocycles. The maximum atomic E-state index is 12.9. The molecule has 0 radical (unpaired) electrons. The molecule has 1 aromatic carbocycles. The van der Waals surface area contributed by atoms with Crippen LogP contribution in [0, 0.1) is 5.82 Å². The fourth-order valence-electron chi connectivity index (χ4n) is 2.66. The van der Waals surface area contributed by atoms with Crippen LogP contribution in [-0.2, 0) is 13.5 Å². The van der Waals surface area contributed by atoms with Gasteiger partial charge in [-0.15, -0.1) is 10.2 Å². The molecule has 0 N–H and O–H groups in total. The predicted molar refractivity (Wildman–Crippen MR) is 76.3 cm³/mol. The van der Waals surface area contributed by atoms with Gasteiger partial charge in [0.05, 0.1) is 0 Å². The van der Waals surface area contributed by atoms with Crippen LogP contribution in [0.1, 0.15) is 30.7 Å². The van der Waals surface area contributed by atoms with Crippen molar-refractivity contribution in [3.05, 3.63) is 41.5 Å². The molecule has 2 aromatic rings. The molecule has 0 atom stereocenters. The Hall–Kier alpha value is -1.91. The normalized spacial score (nSPS) is 15.6. The van der Waals surface area contributed by atoms with E-state index in [1.54, 1.807) is 12.1 Å². The molecule has 5 heteroatoms. The van der Waals surface area contributed by atoms with E-state index in [9.17, 15) is 4.39 Å². The average Bonchev–Trinajstić information content (AvgIpc) is 2.84. The molecule has 0 bridgehead atoms. The maximum absolute atomic E-state index is 12.9. The van der Waals surface area contributed by atoms with Crippen molar-refractivity contribution in [1.82, 2.24) is 14.8 Å². The number of nitrogens with zero attached hydrogens (tertiary/aromatic N) is 4. The van der Waals surface area contributed by atoms with Crippen molar-refractivity contribution in [3.63, 3.8) is 0 Å². The summed E-state index contributed by atoms with van der Waals surface area (Å²) in [6, 6.07) is 6.56. The lowest BCUT2D eigenvalue weighted by atomic mass is 10.1. The van der Waals surface area contributed by atoms with Crippen molar-refractivity contribution >= 4 is 5.95 Å². The molecule has 0 saturated carbocycles. The number of benzene rings is 1. The summed E-state index contributed by atoms with van der Waals surface area (Å²) in [4.78, 5) is 2.30. The van der Waals surface area contributed by atoms with E-state index < -0.39 is 0 Å². The molecule has 1 aromatic heterocycles. The van der Waals surface area contributed by atoms with Crippen LogP contribution in [0.3, 0.4) is 0 Å². The Morgan fingerprint density at radius 3 is 2.45 bits per heavy atom. The van der Waals surface area contributed by atoms with Crippen molar-refractivity contribution in [1.29, 1.82) is 0 Å². The molecule has 1 aliphatic heterocycles. The SMILES string of the molecule is Cn1c(Cc2ccc(F)cc2)nnc1N1CCCCC1. The van der Waals surface area contributed by atoms with Crippen molar-refractivity contribution in [2.75, 3.05) is 18.0 Å². The lowest BCUT2D eigenvalue weighted by molar-refractivity contribution is 0.561. The van der Waals surface area contributed by atoms with Gasteiger partial charge in [0, 0.05) is 26.6 Å². The van der Waals surface area contributed by atoms with Gasteiger partial charge in [0.25, 0.3) is 0 Å². The molecule has 106 valence electrons. The van der Waals surface area contributed by atoms with E-state index in [-0.39, 0.29) is 5.82 Å². The molecule has 20 heavy (non-hydrogen) atoms. The summed E-state index contributed by atoms with van der Waals surface area (Å²) >= 11 is 0. The minimum Gasteiger partial charge on any atom is -0.341 e. The third-order valence-corrected chi connectivity index (χ3v) is 3.86.